The van der Waals surface area contributed by atoms with Gasteiger partial charge in [-0.05, 0) is 0 Å². The third kappa shape index (κ3) is 12.1. The zero-order chi connectivity index (χ0) is 20.9. The smallest absolute Gasteiger partial charge is 1.00 e. The molecule has 0 radical (unpaired) electrons. The molecular formula is C30H39Cl3Ti3. The van der Waals surface area contributed by atoms with Crippen LogP contribution in [0, 0.1) is 20.8 Å². The predicted molar refractivity (Wildman–Crippen MR) is 130 cm³/mol. The van der Waals surface area contributed by atoms with E-state index in [0.717, 1.165) is 0 Å². The van der Waals surface area contributed by atoms with E-state index in [1.807, 2.05) is 0 Å². The molecule has 192 valence electrons. The fraction of sp³-hybridized carbons (Fsp3) is 0.500. The van der Waals surface area contributed by atoms with Crippen LogP contribution in [0.15, 0.2) is 36.4 Å². The number of fused-ring (bicyclic) bond motifs is 3. The molecule has 0 saturated carbocycles. The Labute approximate surface area is 283 Å². The van der Waals surface area contributed by atoms with Gasteiger partial charge in [-0.25, -0.2) is 18.2 Å². The molecular weight excluding hydrogens is 610 g/mol. The fourth-order valence-corrected chi connectivity index (χ4v) is 5.62. The van der Waals surface area contributed by atoms with E-state index in [2.05, 4.69) is 57.2 Å². The van der Waals surface area contributed by atoms with Crippen LogP contribution >= 0.6 is 0 Å². The van der Waals surface area contributed by atoms with Crippen LogP contribution in [0.5, 0.6) is 0 Å². The summed E-state index contributed by atoms with van der Waals surface area (Å²) in [5.41, 5.74) is 14.0. The Morgan fingerprint density at radius 1 is 0.417 bits per heavy atom. The quantitative estimate of drug-likeness (QED) is 0.212. The van der Waals surface area contributed by atoms with E-state index in [0.29, 0.717) is 0 Å². The molecule has 0 nitrogen and oxygen atoms in total. The van der Waals surface area contributed by atoms with Gasteiger partial charge in [0.2, 0.25) is 0 Å². The number of halogens is 3. The van der Waals surface area contributed by atoms with E-state index < -0.39 is 0 Å². The SMILES string of the molecule is Cc1cc2c([cH-]1)CCCC2.Cc1cc2c([cH-]1)CCCC2.Cc1cc2c([cH-]1)CCCC2.[Cl-].[Cl-].[Cl-].[Ti+2].[Ti+2].[Ti+2]. The van der Waals surface area contributed by atoms with E-state index in [1.54, 1.807) is 33.4 Å². The van der Waals surface area contributed by atoms with Crippen LogP contribution in [0.1, 0.15) is 88.6 Å². The second kappa shape index (κ2) is 20.9. The van der Waals surface area contributed by atoms with Gasteiger partial charge in [-0.15, -0.1) is 0 Å². The molecule has 0 atom stereocenters. The van der Waals surface area contributed by atoms with Gasteiger partial charge in [-0.3, -0.25) is 0 Å². The fourth-order valence-electron chi connectivity index (χ4n) is 5.62. The number of hydrogen-bond acceptors (Lipinski definition) is 0. The summed E-state index contributed by atoms with van der Waals surface area (Å²) in [7, 11) is 0. The van der Waals surface area contributed by atoms with E-state index in [9.17, 15) is 0 Å². The molecule has 0 aliphatic heterocycles. The first-order chi connectivity index (χ1) is 14.6. The average molecular weight is 650 g/mol. The Kier molecular flexibility index (Phi) is 24.1. The number of hydrogen-bond donors (Lipinski definition) is 0. The third-order valence-corrected chi connectivity index (χ3v) is 7.08. The average Bonchev–Trinajstić information content (AvgIpc) is 3.41. The number of rotatable bonds is 0. The molecule has 0 saturated heterocycles. The molecule has 3 aromatic carbocycles. The van der Waals surface area contributed by atoms with Gasteiger partial charge >= 0.3 is 65.2 Å². The minimum atomic E-state index is 0. The Bertz CT molecular complexity index is 774. The van der Waals surface area contributed by atoms with Crippen molar-refractivity contribution in [1.29, 1.82) is 0 Å². The van der Waals surface area contributed by atoms with Crippen LogP contribution in [0.4, 0.5) is 0 Å². The molecule has 0 bridgehead atoms. The standard InChI is InChI=1S/3C10H13.3ClH.3Ti/c3*1-8-6-9-4-2-3-5-10(9)7-8;;;;;;/h3*6-7H,2-5H2,1H3;3*1H;;;/q3*-1;;;;3*+2/p-3. The molecule has 0 heterocycles. The van der Waals surface area contributed by atoms with Crippen molar-refractivity contribution in [3.8, 4) is 0 Å². The van der Waals surface area contributed by atoms with Gasteiger partial charge in [0.25, 0.3) is 0 Å². The first kappa shape index (κ1) is 41.5. The summed E-state index contributed by atoms with van der Waals surface area (Å²) in [5, 5.41) is 0. The van der Waals surface area contributed by atoms with Gasteiger partial charge in [0.05, 0.1) is 0 Å². The van der Waals surface area contributed by atoms with E-state index >= 15 is 0 Å². The third-order valence-electron chi connectivity index (χ3n) is 7.08. The summed E-state index contributed by atoms with van der Waals surface area (Å²) < 4.78 is 0. The second-order valence-electron chi connectivity index (χ2n) is 9.87. The summed E-state index contributed by atoms with van der Waals surface area (Å²) in [5.74, 6) is 0. The first-order valence-electron chi connectivity index (χ1n) is 12.3. The Balaban J connectivity index is -0.000000419. The zero-order valence-electron chi connectivity index (χ0n) is 22.1. The Morgan fingerprint density at radius 3 is 0.861 bits per heavy atom. The van der Waals surface area contributed by atoms with Gasteiger partial charge in [0.15, 0.2) is 0 Å². The second-order valence-corrected chi connectivity index (χ2v) is 9.87. The minimum absolute atomic E-state index is 0. The van der Waals surface area contributed by atoms with Crippen LogP contribution in [0.25, 0.3) is 0 Å². The summed E-state index contributed by atoms with van der Waals surface area (Å²) in [4.78, 5) is 0. The predicted octanol–water partition coefficient (Wildman–Crippen LogP) is -1.22. The molecule has 3 aliphatic carbocycles. The van der Waals surface area contributed by atoms with E-state index in [4.69, 9.17) is 0 Å². The van der Waals surface area contributed by atoms with Crippen molar-refractivity contribution < 1.29 is 102 Å². The molecule has 0 amide bonds. The zero-order valence-corrected chi connectivity index (χ0v) is 29.0. The maximum Gasteiger partial charge on any atom is 2.00 e. The van der Waals surface area contributed by atoms with E-state index in [-0.39, 0.29) is 102 Å². The van der Waals surface area contributed by atoms with Crippen LogP contribution in [-0.4, -0.2) is 0 Å². The Hall–Kier alpha value is 1.06. The van der Waals surface area contributed by atoms with Gasteiger partial charge in [0.1, 0.15) is 0 Å². The molecule has 36 heavy (non-hydrogen) atoms. The summed E-state index contributed by atoms with van der Waals surface area (Å²) in [6, 6.07) is 14.1. The van der Waals surface area contributed by atoms with Crippen molar-refractivity contribution in [3.05, 3.63) is 86.5 Å². The molecule has 0 spiro atoms. The molecule has 3 aliphatic rings. The molecule has 0 aromatic heterocycles. The number of aryl methyl sites for hydroxylation is 9. The molecule has 6 heteroatoms. The maximum atomic E-state index is 2.34. The normalized spacial score (nSPS) is 14.1. The first-order valence-corrected chi connectivity index (χ1v) is 12.3. The van der Waals surface area contributed by atoms with E-state index in [1.165, 1.54) is 93.7 Å². The summed E-state index contributed by atoms with van der Waals surface area (Å²) in [6.45, 7) is 6.58. The molecule has 0 N–H and O–H groups in total. The van der Waals surface area contributed by atoms with Crippen molar-refractivity contribution in [1.82, 2.24) is 0 Å². The largest absolute Gasteiger partial charge is 2.00 e. The van der Waals surface area contributed by atoms with Gasteiger partial charge < -0.3 is 37.2 Å². The maximum absolute atomic E-state index is 2.34. The topological polar surface area (TPSA) is 0 Å². The van der Waals surface area contributed by atoms with Crippen molar-refractivity contribution in [3.63, 3.8) is 0 Å². The minimum Gasteiger partial charge on any atom is -1.00 e. The summed E-state index contributed by atoms with van der Waals surface area (Å²) >= 11 is 0. The van der Waals surface area contributed by atoms with Crippen molar-refractivity contribution >= 4 is 0 Å². The van der Waals surface area contributed by atoms with Crippen LogP contribution < -0.4 is 37.2 Å². The van der Waals surface area contributed by atoms with Crippen LogP contribution in [0.3, 0.4) is 0 Å². The molecule has 3 aromatic rings. The van der Waals surface area contributed by atoms with Crippen molar-refractivity contribution in [2.24, 2.45) is 0 Å². The van der Waals surface area contributed by atoms with Crippen molar-refractivity contribution in [2.75, 3.05) is 0 Å². The van der Waals surface area contributed by atoms with Gasteiger partial charge in [0, 0.05) is 0 Å². The summed E-state index contributed by atoms with van der Waals surface area (Å²) in [6.07, 6.45) is 16.3. The molecule has 6 rings (SSSR count). The van der Waals surface area contributed by atoms with Gasteiger partial charge in [-0.1, -0.05) is 97.8 Å². The van der Waals surface area contributed by atoms with Crippen LogP contribution in [-0.2, 0) is 104 Å². The molecule has 0 fully saturated rings. The Morgan fingerprint density at radius 2 is 0.639 bits per heavy atom. The molecule has 0 unspecified atom stereocenters. The monoisotopic (exact) mass is 648 g/mol. The van der Waals surface area contributed by atoms with Crippen LogP contribution in [0.2, 0.25) is 0 Å². The van der Waals surface area contributed by atoms with Crippen molar-refractivity contribution in [2.45, 2.75) is 97.8 Å². The van der Waals surface area contributed by atoms with Gasteiger partial charge in [-0.2, -0.15) is 68.3 Å².